The molecule has 2 aromatic carbocycles. The van der Waals surface area contributed by atoms with Crippen molar-refractivity contribution in [2.45, 2.75) is 64.2 Å². The lowest BCUT2D eigenvalue weighted by atomic mass is 9.93. The summed E-state index contributed by atoms with van der Waals surface area (Å²) in [6, 6.07) is 10.1. The number of aromatic amines is 1. The lowest BCUT2D eigenvalue weighted by molar-refractivity contribution is 0.0984. The van der Waals surface area contributed by atoms with Crippen molar-refractivity contribution < 1.29 is 17.6 Å². The molecule has 0 aliphatic heterocycles. The standard InChI is InChI=1S/C34H38FN3O4S/c1-7-12-34(13-14-34)43(41,42)38-19-22(3)32-28(31(39)11-9-26-21(2)15-23(4)36-33(26)40)17-25(18-30(32)38)27-16-24(20-37(5)6)8-10-29(27)35/h7-8,10,15-19H,1,9,11-14,20H2,2-6H3,(H,36,40). The number of halogens is 1. The molecule has 2 heterocycles. The molecule has 2 aromatic heterocycles. The van der Waals surface area contributed by atoms with Gasteiger partial charge in [-0.25, -0.2) is 16.8 Å². The quantitative estimate of drug-likeness (QED) is 0.162. The molecule has 0 unspecified atom stereocenters. The predicted octanol–water partition coefficient (Wildman–Crippen LogP) is 6.22. The molecule has 0 amide bonds. The van der Waals surface area contributed by atoms with E-state index in [0.717, 1.165) is 16.8 Å². The third-order valence-corrected chi connectivity index (χ3v) is 10.9. The molecule has 1 saturated carbocycles. The topological polar surface area (TPSA) is 92.2 Å². The zero-order valence-electron chi connectivity index (χ0n) is 25.4. The van der Waals surface area contributed by atoms with Crippen LogP contribution in [-0.2, 0) is 23.0 Å². The zero-order chi connectivity index (χ0) is 31.3. The summed E-state index contributed by atoms with van der Waals surface area (Å²) in [6.07, 6.45) is 4.83. The van der Waals surface area contributed by atoms with Crippen LogP contribution in [0.15, 0.2) is 60.0 Å². The van der Waals surface area contributed by atoms with Crippen LogP contribution in [-0.4, -0.2) is 46.9 Å². The van der Waals surface area contributed by atoms with Gasteiger partial charge in [0.15, 0.2) is 5.78 Å². The smallest absolute Gasteiger partial charge is 0.251 e. The van der Waals surface area contributed by atoms with Crippen molar-refractivity contribution in [3.63, 3.8) is 0 Å². The highest BCUT2D eigenvalue weighted by Crippen LogP contribution is 2.49. The minimum absolute atomic E-state index is 0.0342. The molecule has 1 aliphatic rings. The van der Waals surface area contributed by atoms with Gasteiger partial charge in [0.2, 0.25) is 10.0 Å². The number of hydrogen-bond acceptors (Lipinski definition) is 5. The summed E-state index contributed by atoms with van der Waals surface area (Å²) in [7, 11) is -0.0116. The molecule has 0 atom stereocenters. The molecule has 0 radical (unpaired) electrons. The number of carbonyl (C=O) groups is 1. The van der Waals surface area contributed by atoms with E-state index in [4.69, 9.17) is 0 Å². The molecule has 1 aliphatic carbocycles. The average Bonchev–Trinajstić information content (AvgIpc) is 3.65. The number of aryl methyl sites for hydroxylation is 3. The highest BCUT2D eigenvalue weighted by Gasteiger charge is 2.54. The molecular weight excluding hydrogens is 565 g/mol. The first-order chi connectivity index (χ1) is 20.3. The van der Waals surface area contributed by atoms with Crippen molar-refractivity contribution in [3.8, 4) is 11.1 Å². The number of hydrogen-bond donors (Lipinski definition) is 1. The molecule has 5 rings (SSSR count). The molecule has 1 N–H and O–H groups in total. The maximum Gasteiger partial charge on any atom is 0.251 e. The fraction of sp³-hybridized carbons (Fsp3) is 0.353. The fourth-order valence-electron chi connectivity index (χ4n) is 6.10. The fourth-order valence-corrected chi connectivity index (χ4v) is 8.16. The molecule has 0 bridgehead atoms. The lowest BCUT2D eigenvalue weighted by Gasteiger charge is -2.17. The van der Waals surface area contributed by atoms with Crippen LogP contribution in [0.5, 0.6) is 0 Å². The Morgan fingerprint density at radius 3 is 2.47 bits per heavy atom. The van der Waals surface area contributed by atoms with Crippen molar-refractivity contribution in [2.24, 2.45) is 0 Å². The number of aromatic nitrogens is 2. The highest BCUT2D eigenvalue weighted by molar-refractivity contribution is 7.91. The van der Waals surface area contributed by atoms with Crippen LogP contribution >= 0.6 is 0 Å². The van der Waals surface area contributed by atoms with Crippen LogP contribution in [0.1, 0.15) is 64.0 Å². The molecule has 0 saturated heterocycles. The Morgan fingerprint density at radius 1 is 1.12 bits per heavy atom. The van der Waals surface area contributed by atoms with Gasteiger partial charge in [0.1, 0.15) is 5.82 Å². The Bertz CT molecular complexity index is 1930. The van der Waals surface area contributed by atoms with Gasteiger partial charge in [-0.1, -0.05) is 12.1 Å². The molecule has 43 heavy (non-hydrogen) atoms. The summed E-state index contributed by atoms with van der Waals surface area (Å²) in [4.78, 5) is 31.4. The Kier molecular flexibility index (Phi) is 8.09. The normalized spacial score (nSPS) is 14.4. The number of rotatable bonds is 11. The van der Waals surface area contributed by atoms with E-state index < -0.39 is 20.6 Å². The van der Waals surface area contributed by atoms with Crippen LogP contribution in [0, 0.1) is 26.6 Å². The van der Waals surface area contributed by atoms with Crippen molar-refractivity contribution in [2.75, 3.05) is 14.1 Å². The van der Waals surface area contributed by atoms with Crippen LogP contribution < -0.4 is 5.56 Å². The van der Waals surface area contributed by atoms with Gasteiger partial charge >= 0.3 is 0 Å². The number of nitrogens with zero attached hydrogens (tertiary/aromatic N) is 2. The van der Waals surface area contributed by atoms with E-state index >= 15 is 4.39 Å². The Balaban J connectivity index is 1.69. The number of nitrogens with one attached hydrogen (secondary N) is 1. The van der Waals surface area contributed by atoms with Gasteiger partial charge < -0.3 is 9.88 Å². The molecule has 9 heteroatoms. The number of allylic oxidation sites excluding steroid dienone is 1. The van der Waals surface area contributed by atoms with Gasteiger partial charge in [-0.05, 0) is 113 Å². The van der Waals surface area contributed by atoms with E-state index in [9.17, 15) is 18.0 Å². The Hall–Kier alpha value is -3.82. The summed E-state index contributed by atoms with van der Waals surface area (Å²) >= 11 is 0. The number of fused-ring (bicyclic) bond motifs is 1. The van der Waals surface area contributed by atoms with Gasteiger partial charge in [-0.15, -0.1) is 6.58 Å². The molecule has 7 nitrogen and oxygen atoms in total. The van der Waals surface area contributed by atoms with E-state index in [0.29, 0.717) is 59.0 Å². The second-order valence-electron chi connectivity index (χ2n) is 12.1. The minimum atomic E-state index is -3.85. The van der Waals surface area contributed by atoms with E-state index in [1.54, 1.807) is 50.4 Å². The van der Waals surface area contributed by atoms with Crippen LogP contribution in [0.25, 0.3) is 22.0 Å². The van der Waals surface area contributed by atoms with Crippen LogP contribution in [0.2, 0.25) is 0 Å². The van der Waals surface area contributed by atoms with E-state index in [2.05, 4.69) is 11.6 Å². The number of pyridine rings is 1. The van der Waals surface area contributed by atoms with E-state index in [1.807, 2.05) is 32.0 Å². The van der Waals surface area contributed by atoms with Crippen molar-refractivity contribution in [1.29, 1.82) is 0 Å². The predicted molar refractivity (Wildman–Crippen MR) is 170 cm³/mol. The van der Waals surface area contributed by atoms with Crippen molar-refractivity contribution >= 4 is 26.7 Å². The van der Waals surface area contributed by atoms with Gasteiger partial charge in [0.25, 0.3) is 5.56 Å². The zero-order valence-corrected chi connectivity index (χ0v) is 26.2. The monoisotopic (exact) mass is 603 g/mol. The summed E-state index contributed by atoms with van der Waals surface area (Å²) in [5, 5.41) is 0.520. The van der Waals surface area contributed by atoms with Gasteiger partial charge in [0, 0.05) is 46.9 Å². The summed E-state index contributed by atoms with van der Waals surface area (Å²) in [6.45, 7) is 9.78. The minimum Gasteiger partial charge on any atom is -0.326 e. The highest BCUT2D eigenvalue weighted by atomic mass is 32.2. The first-order valence-corrected chi connectivity index (χ1v) is 15.9. The molecule has 226 valence electrons. The number of carbonyl (C=O) groups excluding carboxylic acids is 1. The Morgan fingerprint density at radius 2 is 1.84 bits per heavy atom. The van der Waals surface area contributed by atoms with Gasteiger partial charge in [0.05, 0.1) is 10.3 Å². The van der Waals surface area contributed by atoms with E-state index in [1.165, 1.54) is 10.0 Å². The summed E-state index contributed by atoms with van der Waals surface area (Å²) in [5.41, 5.74) is 4.73. The lowest BCUT2D eigenvalue weighted by Crippen LogP contribution is -2.28. The third-order valence-electron chi connectivity index (χ3n) is 8.43. The molecule has 0 spiro atoms. The van der Waals surface area contributed by atoms with Crippen molar-refractivity contribution in [3.05, 3.63) is 105 Å². The number of Topliss-reactive ketones (excluding diaryl/α,β-unsaturated/α-hetero) is 1. The second-order valence-corrected chi connectivity index (χ2v) is 14.3. The Labute approximate surface area is 252 Å². The van der Waals surface area contributed by atoms with E-state index in [-0.39, 0.29) is 29.7 Å². The number of benzene rings is 2. The first-order valence-electron chi connectivity index (χ1n) is 14.5. The van der Waals surface area contributed by atoms with Crippen LogP contribution in [0.4, 0.5) is 4.39 Å². The largest absolute Gasteiger partial charge is 0.326 e. The summed E-state index contributed by atoms with van der Waals surface area (Å²) in [5.74, 6) is -0.716. The van der Waals surface area contributed by atoms with Crippen molar-refractivity contribution in [1.82, 2.24) is 13.9 Å². The number of H-pyrrole nitrogens is 1. The second kappa shape index (κ2) is 11.4. The number of ketones is 1. The van der Waals surface area contributed by atoms with Crippen LogP contribution in [0.3, 0.4) is 0 Å². The summed E-state index contributed by atoms with van der Waals surface area (Å²) < 4.78 is 43.8. The van der Waals surface area contributed by atoms with Gasteiger partial charge in [-0.2, -0.15) is 0 Å². The molecule has 1 fully saturated rings. The molecular formula is C34H38FN3O4S. The maximum absolute atomic E-state index is 15.4. The SMILES string of the molecule is C=CCC1(S(=O)(=O)n2cc(C)c3c(C(=O)CCc4c(C)cc(C)[nH]c4=O)cc(-c4cc(CN(C)C)ccc4F)cc32)CC1. The molecule has 4 aromatic rings. The average molecular weight is 604 g/mol. The maximum atomic E-state index is 15.4. The first kappa shape index (κ1) is 30.6. The third kappa shape index (κ3) is 5.63. The van der Waals surface area contributed by atoms with Gasteiger partial charge in [-0.3, -0.25) is 9.59 Å².